The van der Waals surface area contributed by atoms with Gasteiger partial charge in [-0.3, -0.25) is 4.90 Å². The third kappa shape index (κ3) is 2.84. The van der Waals surface area contributed by atoms with Gasteiger partial charge in [-0.25, -0.2) is 4.98 Å². The van der Waals surface area contributed by atoms with Crippen molar-refractivity contribution in [1.82, 2.24) is 9.88 Å². The first-order chi connectivity index (χ1) is 8.81. The molecule has 18 heavy (non-hydrogen) atoms. The second-order valence-corrected chi connectivity index (χ2v) is 6.57. The van der Waals surface area contributed by atoms with E-state index >= 15 is 0 Å². The molecule has 100 valence electrons. The Balaban J connectivity index is 1.56. The lowest BCUT2D eigenvalue weighted by molar-refractivity contribution is 0.112. The monoisotopic (exact) mass is 267 g/mol. The predicted molar refractivity (Wildman–Crippen MR) is 73.5 cm³/mol. The molecule has 0 aromatic carbocycles. The zero-order valence-electron chi connectivity index (χ0n) is 10.7. The molecule has 2 aliphatic rings. The summed E-state index contributed by atoms with van der Waals surface area (Å²) in [6, 6.07) is 0. The first kappa shape index (κ1) is 12.4. The summed E-state index contributed by atoms with van der Waals surface area (Å²) in [5, 5.41) is 0.683. The molecule has 0 radical (unpaired) electrons. The van der Waals surface area contributed by atoms with Gasteiger partial charge in [0.2, 0.25) is 0 Å². The lowest BCUT2D eigenvalue weighted by Crippen LogP contribution is -2.38. The molecule has 2 N–H and O–H groups in total. The maximum absolute atomic E-state index is 5.68. The number of rotatable bonds is 3. The van der Waals surface area contributed by atoms with Crippen LogP contribution in [0.2, 0.25) is 0 Å². The van der Waals surface area contributed by atoms with Crippen LogP contribution in [0, 0.1) is 11.8 Å². The molecule has 5 heteroatoms. The number of likely N-dealkylation sites (tertiary alicyclic amines) is 1. The Morgan fingerprint density at radius 3 is 3.11 bits per heavy atom. The molecule has 1 aromatic rings. The van der Waals surface area contributed by atoms with E-state index in [9.17, 15) is 0 Å². The maximum Gasteiger partial charge on any atom is 0.180 e. The molecule has 0 saturated carbocycles. The van der Waals surface area contributed by atoms with Gasteiger partial charge in [0.1, 0.15) is 0 Å². The predicted octanol–water partition coefficient (Wildman–Crippen LogP) is 1.97. The first-order valence-electron chi connectivity index (χ1n) is 6.81. The number of hydrogen-bond donors (Lipinski definition) is 1. The topological polar surface area (TPSA) is 51.4 Å². The van der Waals surface area contributed by atoms with Gasteiger partial charge in [-0.1, -0.05) is 0 Å². The molecule has 3 heterocycles. The number of hydrogen-bond acceptors (Lipinski definition) is 5. The van der Waals surface area contributed by atoms with Crippen molar-refractivity contribution < 1.29 is 4.74 Å². The van der Waals surface area contributed by atoms with E-state index in [4.69, 9.17) is 10.5 Å². The fourth-order valence-electron chi connectivity index (χ4n) is 3.16. The average molecular weight is 267 g/mol. The highest BCUT2D eigenvalue weighted by Crippen LogP contribution is 2.30. The summed E-state index contributed by atoms with van der Waals surface area (Å²) in [6.45, 7) is 5.38. The summed E-state index contributed by atoms with van der Waals surface area (Å²) in [6.07, 6.45) is 5.86. The van der Waals surface area contributed by atoms with Gasteiger partial charge in [-0.15, -0.1) is 11.3 Å². The second-order valence-electron chi connectivity index (χ2n) is 5.43. The molecule has 2 unspecified atom stereocenters. The van der Waals surface area contributed by atoms with Crippen LogP contribution in [0.3, 0.4) is 0 Å². The van der Waals surface area contributed by atoms with E-state index in [2.05, 4.69) is 9.88 Å². The highest BCUT2D eigenvalue weighted by Gasteiger charge is 2.29. The summed E-state index contributed by atoms with van der Waals surface area (Å²) in [7, 11) is 0. The van der Waals surface area contributed by atoms with E-state index in [-0.39, 0.29) is 0 Å². The minimum absolute atomic E-state index is 0.683. The molecular weight excluding hydrogens is 246 g/mol. The number of anilines is 1. The van der Waals surface area contributed by atoms with E-state index in [1.165, 1.54) is 37.2 Å². The molecule has 2 saturated heterocycles. The fraction of sp³-hybridized carbons (Fsp3) is 0.769. The van der Waals surface area contributed by atoms with Crippen LogP contribution in [0.1, 0.15) is 24.1 Å². The Morgan fingerprint density at radius 1 is 1.44 bits per heavy atom. The first-order valence-corrected chi connectivity index (χ1v) is 7.63. The van der Waals surface area contributed by atoms with Crippen LogP contribution in [0.15, 0.2) is 6.20 Å². The number of nitrogen functional groups attached to an aromatic ring is 1. The highest BCUT2D eigenvalue weighted by atomic mass is 32.1. The van der Waals surface area contributed by atoms with Crippen molar-refractivity contribution in [3.8, 4) is 0 Å². The summed E-state index contributed by atoms with van der Waals surface area (Å²) < 4.78 is 5.52. The minimum atomic E-state index is 0.683. The van der Waals surface area contributed by atoms with Crippen molar-refractivity contribution in [3.63, 3.8) is 0 Å². The van der Waals surface area contributed by atoms with Crippen LogP contribution in [-0.4, -0.2) is 36.2 Å². The smallest absolute Gasteiger partial charge is 0.180 e. The number of aromatic nitrogens is 1. The quantitative estimate of drug-likeness (QED) is 0.910. The average Bonchev–Trinajstić information content (AvgIpc) is 3.01. The third-order valence-corrected chi connectivity index (χ3v) is 4.94. The molecule has 1 aromatic heterocycles. The third-order valence-electron chi connectivity index (χ3n) is 4.12. The van der Waals surface area contributed by atoms with Crippen molar-refractivity contribution in [1.29, 1.82) is 0 Å². The zero-order valence-corrected chi connectivity index (χ0v) is 11.5. The molecular formula is C13H21N3OS. The Bertz CT molecular complexity index is 389. The van der Waals surface area contributed by atoms with Crippen molar-refractivity contribution in [2.24, 2.45) is 11.8 Å². The van der Waals surface area contributed by atoms with Crippen molar-refractivity contribution >= 4 is 16.5 Å². The van der Waals surface area contributed by atoms with Crippen LogP contribution >= 0.6 is 11.3 Å². The summed E-state index contributed by atoms with van der Waals surface area (Å²) in [5.41, 5.74) is 5.68. The van der Waals surface area contributed by atoms with E-state index in [1.54, 1.807) is 11.3 Å². The molecule has 2 aliphatic heterocycles. The molecule has 2 atom stereocenters. The van der Waals surface area contributed by atoms with Crippen molar-refractivity contribution in [2.45, 2.75) is 25.8 Å². The number of thiazole rings is 1. The Hall–Kier alpha value is -0.650. The van der Waals surface area contributed by atoms with E-state index in [0.717, 1.165) is 31.6 Å². The largest absolute Gasteiger partial charge is 0.381 e. The number of nitrogens with two attached hydrogens (primary N) is 1. The van der Waals surface area contributed by atoms with Gasteiger partial charge in [-0.2, -0.15) is 0 Å². The Morgan fingerprint density at radius 2 is 2.39 bits per heavy atom. The van der Waals surface area contributed by atoms with Crippen molar-refractivity contribution in [2.75, 3.05) is 32.0 Å². The van der Waals surface area contributed by atoms with Gasteiger partial charge < -0.3 is 10.5 Å². The lowest BCUT2D eigenvalue weighted by atomic mass is 9.85. The summed E-state index contributed by atoms with van der Waals surface area (Å²) in [4.78, 5) is 7.97. The normalized spacial score (nSPS) is 29.8. The Labute approximate surface area is 112 Å². The maximum atomic E-state index is 5.68. The second kappa shape index (κ2) is 5.55. The molecule has 0 bridgehead atoms. The standard InChI is InChI=1S/C13H21N3OS/c14-13-15-6-12(18-13)8-16-4-1-2-10(7-16)11-3-5-17-9-11/h6,10-11H,1-5,7-9H2,(H2,14,15). The van der Waals surface area contributed by atoms with Gasteiger partial charge in [0.05, 0.1) is 0 Å². The van der Waals surface area contributed by atoms with Crippen LogP contribution < -0.4 is 5.73 Å². The van der Waals surface area contributed by atoms with Gasteiger partial charge >= 0.3 is 0 Å². The van der Waals surface area contributed by atoms with Crippen LogP contribution in [0.4, 0.5) is 5.13 Å². The fourth-order valence-corrected chi connectivity index (χ4v) is 3.89. The Kier molecular flexibility index (Phi) is 3.82. The van der Waals surface area contributed by atoms with Crippen LogP contribution in [-0.2, 0) is 11.3 Å². The molecule has 0 aliphatic carbocycles. The van der Waals surface area contributed by atoms with E-state index in [0.29, 0.717) is 5.13 Å². The van der Waals surface area contributed by atoms with E-state index in [1.807, 2.05) is 6.20 Å². The molecule has 3 rings (SSSR count). The summed E-state index contributed by atoms with van der Waals surface area (Å²) >= 11 is 1.62. The number of ether oxygens (including phenoxy) is 1. The number of nitrogens with zero attached hydrogens (tertiary/aromatic N) is 2. The highest BCUT2D eigenvalue weighted by molar-refractivity contribution is 7.15. The van der Waals surface area contributed by atoms with Crippen LogP contribution in [0.25, 0.3) is 0 Å². The molecule has 2 fully saturated rings. The number of piperidine rings is 1. The van der Waals surface area contributed by atoms with Gasteiger partial charge in [0, 0.05) is 37.4 Å². The molecule has 0 amide bonds. The minimum Gasteiger partial charge on any atom is -0.381 e. The SMILES string of the molecule is Nc1ncc(CN2CCCC(C3CCOC3)C2)s1. The van der Waals surface area contributed by atoms with Gasteiger partial charge in [0.15, 0.2) is 5.13 Å². The zero-order chi connectivity index (χ0) is 12.4. The van der Waals surface area contributed by atoms with Crippen molar-refractivity contribution in [3.05, 3.63) is 11.1 Å². The molecule has 0 spiro atoms. The van der Waals surface area contributed by atoms with Crippen LogP contribution in [0.5, 0.6) is 0 Å². The summed E-state index contributed by atoms with van der Waals surface area (Å²) in [5.74, 6) is 1.62. The van der Waals surface area contributed by atoms with Gasteiger partial charge in [-0.05, 0) is 37.6 Å². The molecule has 4 nitrogen and oxygen atoms in total. The van der Waals surface area contributed by atoms with Gasteiger partial charge in [0.25, 0.3) is 0 Å². The van der Waals surface area contributed by atoms with E-state index < -0.39 is 0 Å². The lowest BCUT2D eigenvalue weighted by Gasteiger charge is -2.35.